The first kappa shape index (κ1) is 12.1. The van der Waals surface area contributed by atoms with Gasteiger partial charge in [-0.2, -0.15) is 0 Å². The maximum atomic E-state index is 5.89. The fourth-order valence-electron chi connectivity index (χ4n) is 1.41. The Morgan fingerprint density at radius 2 is 1.88 bits per heavy atom. The minimum absolute atomic E-state index is 0.447. The first-order chi connectivity index (χ1) is 8.13. The number of hydrogen-bond donors (Lipinski definition) is 0. The standard InChI is InChI=1S/C13H10Cl2N2/c1-9-7-12(15)17-13(16-9)6-5-10-3-2-4-11(14)8-10/h2-8H,1H3. The molecule has 1 aromatic carbocycles. The van der Waals surface area contributed by atoms with Crippen molar-refractivity contribution in [2.75, 3.05) is 0 Å². The molecule has 0 bridgehead atoms. The summed E-state index contributed by atoms with van der Waals surface area (Å²) in [5.74, 6) is 0.593. The third kappa shape index (κ3) is 3.55. The molecule has 0 atom stereocenters. The van der Waals surface area contributed by atoms with E-state index >= 15 is 0 Å². The largest absolute Gasteiger partial charge is 0.234 e. The van der Waals surface area contributed by atoms with E-state index < -0.39 is 0 Å². The van der Waals surface area contributed by atoms with E-state index in [-0.39, 0.29) is 0 Å². The normalized spacial score (nSPS) is 11.0. The second-order valence-electron chi connectivity index (χ2n) is 3.58. The lowest BCUT2D eigenvalue weighted by Gasteiger charge is -1.97. The maximum Gasteiger partial charge on any atom is 0.153 e. The van der Waals surface area contributed by atoms with Crippen LogP contribution >= 0.6 is 23.2 Å². The summed E-state index contributed by atoms with van der Waals surface area (Å²) >= 11 is 11.7. The van der Waals surface area contributed by atoms with Crippen LogP contribution in [0.15, 0.2) is 30.3 Å². The van der Waals surface area contributed by atoms with Crippen LogP contribution in [0, 0.1) is 6.92 Å². The van der Waals surface area contributed by atoms with Gasteiger partial charge in [-0.25, -0.2) is 9.97 Å². The lowest BCUT2D eigenvalue weighted by molar-refractivity contribution is 1.08. The van der Waals surface area contributed by atoms with Crippen molar-refractivity contribution in [1.82, 2.24) is 9.97 Å². The molecule has 0 saturated carbocycles. The van der Waals surface area contributed by atoms with Crippen molar-refractivity contribution in [3.05, 3.63) is 57.6 Å². The summed E-state index contributed by atoms with van der Waals surface area (Å²) in [6, 6.07) is 9.28. The Hall–Kier alpha value is -1.38. The van der Waals surface area contributed by atoms with E-state index in [0.29, 0.717) is 16.0 Å². The van der Waals surface area contributed by atoms with E-state index in [1.165, 1.54) is 0 Å². The van der Waals surface area contributed by atoms with Crippen molar-refractivity contribution >= 4 is 35.4 Å². The Bertz CT molecular complexity index is 545. The van der Waals surface area contributed by atoms with Gasteiger partial charge >= 0.3 is 0 Å². The van der Waals surface area contributed by atoms with Gasteiger partial charge in [-0.3, -0.25) is 0 Å². The van der Waals surface area contributed by atoms with E-state index in [4.69, 9.17) is 23.2 Å². The molecule has 1 heterocycles. The monoisotopic (exact) mass is 264 g/mol. The molecule has 4 heteroatoms. The quantitative estimate of drug-likeness (QED) is 0.758. The lowest BCUT2D eigenvalue weighted by Crippen LogP contribution is -1.90. The summed E-state index contributed by atoms with van der Waals surface area (Å²) in [5, 5.41) is 1.15. The topological polar surface area (TPSA) is 25.8 Å². The average molecular weight is 265 g/mol. The zero-order valence-corrected chi connectivity index (χ0v) is 10.7. The molecule has 17 heavy (non-hydrogen) atoms. The van der Waals surface area contributed by atoms with Gasteiger partial charge in [0.15, 0.2) is 5.82 Å². The number of aryl methyl sites for hydroxylation is 1. The van der Waals surface area contributed by atoms with Crippen LogP contribution in [-0.4, -0.2) is 9.97 Å². The van der Waals surface area contributed by atoms with Crippen LogP contribution in [0.2, 0.25) is 10.2 Å². The predicted octanol–water partition coefficient (Wildman–Crippen LogP) is 4.26. The second kappa shape index (κ2) is 5.30. The van der Waals surface area contributed by atoms with Gasteiger partial charge in [0.25, 0.3) is 0 Å². The van der Waals surface area contributed by atoms with Crippen LogP contribution in [0.1, 0.15) is 17.1 Å². The minimum atomic E-state index is 0.447. The zero-order valence-electron chi connectivity index (χ0n) is 9.19. The second-order valence-corrected chi connectivity index (χ2v) is 4.40. The summed E-state index contributed by atoms with van der Waals surface area (Å²) in [6.07, 6.45) is 3.71. The molecule has 2 rings (SSSR count). The molecular weight excluding hydrogens is 255 g/mol. The predicted molar refractivity (Wildman–Crippen MR) is 72.2 cm³/mol. The van der Waals surface area contributed by atoms with Gasteiger partial charge in [-0.1, -0.05) is 41.4 Å². The first-order valence-corrected chi connectivity index (χ1v) is 5.84. The van der Waals surface area contributed by atoms with Crippen molar-refractivity contribution in [2.24, 2.45) is 0 Å². The third-order valence-corrected chi connectivity index (χ3v) is 2.54. The van der Waals surface area contributed by atoms with E-state index in [0.717, 1.165) is 11.3 Å². The zero-order chi connectivity index (χ0) is 12.3. The first-order valence-electron chi connectivity index (χ1n) is 5.08. The Morgan fingerprint density at radius 1 is 1.06 bits per heavy atom. The molecular formula is C13H10Cl2N2. The molecule has 0 N–H and O–H groups in total. The highest BCUT2D eigenvalue weighted by molar-refractivity contribution is 6.30. The van der Waals surface area contributed by atoms with Gasteiger partial charge in [0.1, 0.15) is 5.15 Å². The van der Waals surface area contributed by atoms with Crippen LogP contribution in [0.25, 0.3) is 12.2 Å². The summed E-state index contributed by atoms with van der Waals surface area (Å²) in [6.45, 7) is 1.88. The Kier molecular flexibility index (Phi) is 3.77. The van der Waals surface area contributed by atoms with Crippen molar-refractivity contribution in [1.29, 1.82) is 0 Å². The summed E-state index contributed by atoms with van der Waals surface area (Å²) in [4.78, 5) is 8.36. The summed E-state index contributed by atoms with van der Waals surface area (Å²) in [7, 11) is 0. The Balaban J connectivity index is 2.25. The molecule has 86 valence electrons. The SMILES string of the molecule is Cc1cc(Cl)nc(C=Cc2cccc(Cl)c2)n1. The van der Waals surface area contributed by atoms with E-state index in [2.05, 4.69) is 9.97 Å². The molecule has 2 aromatic rings. The van der Waals surface area contributed by atoms with Gasteiger partial charge in [0.05, 0.1) is 0 Å². The Labute approximate surface area is 110 Å². The fraction of sp³-hybridized carbons (Fsp3) is 0.0769. The number of nitrogens with zero attached hydrogens (tertiary/aromatic N) is 2. The third-order valence-electron chi connectivity index (χ3n) is 2.11. The smallest absolute Gasteiger partial charge is 0.153 e. The molecule has 0 aliphatic rings. The van der Waals surface area contributed by atoms with Crippen molar-refractivity contribution in [2.45, 2.75) is 6.92 Å². The number of halogens is 2. The molecule has 2 nitrogen and oxygen atoms in total. The lowest BCUT2D eigenvalue weighted by atomic mass is 10.2. The number of aromatic nitrogens is 2. The summed E-state index contributed by atoms with van der Waals surface area (Å²) in [5.41, 5.74) is 1.84. The van der Waals surface area contributed by atoms with Crippen LogP contribution < -0.4 is 0 Å². The minimum Gasteiger partial charge on any atom is -0.234 e. The van der Waals surface area contributed by atoms with Crippen molar-refractivity contribution in [3.63, 3.8) is 0 Å². The van der Waals surface area contributed by atoms with Gasteiger partial charge in [-0.15, -0.1) is 0 Å². The highest BCUT2D eigenvalue weighted by Gasteiger charge is 1.96. The van der Waals surface area contributed by atoms with Gasteiger partial charge in [0, 0.05) is 10.7 Å². The van der Waals surface area contributed by atoms with E-state index in [1.807, 2.05) is 43.3 Å². The van der Waals surface area contributed by atoms with Crippen molar-refractivity contribution < 1.29 is 0 Å². The van der Waals surface area contributed by atoms with Crippen LogP contribution in [0.3, 0.4) is 0 Å². The molecule has 0 amide bonds. The molecule has 0 unspecified atom stereocenters. The van der Waals surface area contributed by atoms with Gasteiger partial charge in [0.2, 0.25) is 0 Å². The number of rotatable bonds is 2. The average Bonchev–Trinajstić information content (AvgIpc) is 2.25. The molecule has 0 aliphatic carbocycles. The fourth-order valence-corrected chi connectivity index (χ4v) is 1.85. The molecule has 0 fully saturated rings. The molecule has 0 saturated heterocycles. The van der Waals surface area contributed by atoms with Gasteiger partial charge in [-0.05, 0) is 36.8 Å². The van der Waals surface area contributed by atoms with E-state index in [9.17, 15) is 0 Å². The van der Waals surface area contributed by atoms with Crippen LogP contribution in [-0.2, 0) is 0 Å². The number of benzene rings is 1. The number of hydrogen-bond acceptors (Lipinski definition) is 2. The van der Waals surface area contributed by atoms with Crippen LogP contribution in [0.5, 0.6) is 0 Å². The molecule has 0 aliphatic heterocycles. The van der Waals surface area contributed by atoms with Gasteiger partial charge < -0.3 is 0 Å². The van der Waals surface area contributed by atoms with Crippen molar-refractivity contribution in [3.8, 4) is 0 Å². The molecule has 0 spiro atoms. The van der Waals surface area contributed by atoms with E-state index in [1.54, 1.807) is 6.07 Å². The maximum absolute atomic E-state index is 5.89. The summed E-state index contributed by atoms with van der Waals surface area (Å²) < 4.78 is 0. The highest BCUT2D eigenvalue weighted by atomic mass is 35.5. The molecule has 1 aromatic heterocycles. The Morgan fingerprint density at radius 3 is 2.59 bits per heavy atom. The highest BCUT2D eigenvalue weighted by Crippen LogP contribution is 2.13. The van der Waals surface area contributed by atoms with Crippen LogP contribution in [0.4, 0.5) is 0 Å². The molecule has 0 radical (unpaired) electrons.